The van der Waals surface area contributed by atoms with Crippen LogP contribution in [0.3, 0.4) is 0 Å². The van der Waals surface area contributed by atoms with Crippen LogP contribution >= 0.6 is 28.5 Å². The lowest BCUT2D eigenvalue weighted by Crippen LogP contribution is -2.03. The molecule has 0 amide bonds. The Morgan fingerprint density at radius 1 is 1.33 bits per heavy atom. The van der Waals surface area contributed by atoms with Crippen LogP contribution in [-0.4, -0.2) is 31.2 Å². The topological polar surface area (TPSA) is 52.6 Å². The van der Waals surface area contributed by atoms with Gasteiger partial charge in [0, 0.05) is 5.75 Å². The number of hydrogen-bond donors (Lipinski definition) is 0. The van der Waals surface area contributed by atoms with Crippen molar-refractivity contribution >= 4 is 34.5 Å². The van der Waals surface area contributed by atoms with Crippen molar-refractivity contribution in [2.45, 2.75) is 20.3 Å². The molecule has 0 radical (unpaired) electrons. The van der Waals surface area contributed by atoms with Gasteiger partial charge >= 0.3 is 11.7 Å². The van der Waals surface area contributed by atoms with E-state index in [-0.39, 0.29) is 11.7 Å². The highest BCUT2D eigenvalue weighted by atomic mass is 33.1. The lowest BCUT2D eigenvalue weighted by atomic mass is 10.6. The van der Waals surface area contributed by atoms with E-state index in [0.29, 0.717) is 6.61 Å². The molecule has 0 aliphatic rings. The summed E-state index contributed by atoms with van der Waals surface area (Å²) >= 11 is 2.33. The Labute approximate surface area is 98.8 Å². The minimum absolute atomic E-state index is 0.0739. The third-order valence-corrected chi connectivity index (χ3v) is 8.83. The average Bonchev–Trinajstić information content (AvgIpc) is 2.24. The fourth-order valence-electron chi connectivity index (χ4n) is 0.664. The molecule has 15 heavy (non-hydrogen) atoms. The van der Waals surface area contributed by atoms with E-state index in [1.165, 1.54) is 18.5 Å². The van der Waals surface area contributed by atoms with Crippen molar-refractivity contribution in [3.63, 3.8) is 0 Å². The molecule has 0 fully saturated rings. The van der Waals surface area contributed by atoms with Crippen molar-refractivity contribution in [2.75, 3.05) is 25.2 Å². The van der Waals surface area contributed by atoms with Crippen molar-refractivity contribution in [3.05, 3.63) is 0 Å². The van der Waals surface area contributed by atoms with E-state index in [2.05, 4.69) is 4.74 Å². The molecule has 0 saturated carbocycles. The molecule has 0 aliphatic heterocycles. The number of ether oxygens (including phenoxy) is 1. The molecular formula is C8H17O4PS2. The SMILES string of the molecule is CCCSP(=O)(OCC)SCC(=O)OC. The van der Waals surface area contributed by atoms with Crippen LogP contribution in [0.15, 0.2) is 0 Å². The van der Waals surface area contributed by atoms with E-state index in [1.807, 2.05) is 6.92 Å². The first kappa shape index (κ1) is 15.4. The van der Waals surface area contributed by atoms with Crippen LogP contribution in [0.2, 0.25) is 0 Å². The maximum atomic E-state index is 12.1. The van der Waals surface area contributed by atoms with Crippen LogP contribution in [0.5, 0.6) is 0 Å². The molecule has 0 rings (SSSR count). The van der Waals surface area contributed by atoms with Crippen molar-refractivity contribution < 1.29 is 18.6 Å². The van der Waals surface area contributed by atoms with E-state index in [9.17, 15) is 9.36 Å². The standard InChI is InChI=1S/C8H17O4PS2/c1-4-6-14-13(10,12-5-2)15-7-8(9)11-3/h4-7H2,1-3H3. The van der Waals surface area contributed by atoms with Crippen LogP contribution in [0.25, 0.3) is 0 Å². The molecule has 0 saturated heterocycles. The fourth-order valence-corrected chi connectivity index (χ4v) is 7.12. The van der Waals surface area contributed by atoms with Crippen molar-refractivity contribution in [3.8, 4) is 0 Å². The summed E-state index contributed by atoms with van der Waals surface area (Å²) in [5.41, 5.74) is 0. The first-order valence-corrected chi connectivity index (χ1v) is 9.49. The van der Waals surface area contributed by atoms with Gasteiger partial charge in [-0.15, -0.1) is 0 Å². The normalized spacial score (nSPS) is 14.6. The Hall–Kier alpha value is 0.360. The van der Waals surface area contributed by atoms with E-state index in [4.69, 9.17) is 4.52 Å². The molecule has 1 unspecified atom stereocenters. The summed E-state index contributed by atoms with van der Waals surface area (Å²) in [4.78, 5) is 10.9. The number of esters is 1. The summed E-state index contributed by atoms with van der Waals surface area (Å²) in [7, 11) is 1.31. The molecule has 0 heterocycles. The van der Waals surface area contributed by atoms with Gasteiger partial charge in [-0.3, -0.25) is 9.36 Å². The van der Waals surface area contributed by atoms with Crippen molar-refractivity contribution in [1.29, 1.82) is 0 Å². The molecule has 90 valence electrons. The molecule has 0 spiro atoms. The molecule has 0 N–H and O–H groups in total. The number of rotatable bonds is 8. The van der Waals surface area contributed by atoms with Gasteiger partial charge < -0.3 is 9.26 Å². The molecule has 0 aliphatic carbocycles. The van der Waals surface area contributed by atoms with Gasteiger partial charge in [-0.1, -0.05) is 18.3 Å². The molecule has 0 aromatic heterocycles. The zero-order chi connectivity index (χ0) is 11.7. The van der Waals surface area contributed by atoms with Gasteiger partial charge in [0.1, 0.15) is 5.75 Å². The summed E-state index contributed by atoms with van der Waals surface area (Å²) in [6, 6.07) is 0. The van der Waals surface area contributed by atoms with Crippen LogP contribution < -0.4 is 0 Å². The quantitative estimate of drug-likeness (QED) is 0.499. The summed E-state index contributed by atoms with van der Waals surface area (Å²) in [5, 5.41) is 0. The monoisotopic (exact) mass is 272 g/mol. The molecule has 7 heteroatoms. The molecular weight excluding hydrogens is 255 g/mol. The number of hydrogen-bond acceptors (Lipinski definition) is 6. The lowest BCUT2D eigenvalue weighted by molar-refractivity contribution is -0.137. The summed E-state index contributed by atoms with van der Waals surface area (Å²) < 4.78 is 21.8. The van der Waals surface area contributed by atoms with Crippen molar-refractivity contribution in [2.24, 2.45) is 0 Å². The third-order valence-electron chi connectivity index (χ3n) is 1.31. The summed E-state index contributed by atoms with van der Waals surface area (Å²) in [6.45, 7) is 4.19. The Balaban J connectivity index is 4.12. The average molecular weight is 272 g/mol. The minimum Gasteiger partial charge on any atom is -0.468 e. The molecule has 0 aromatic carbocycles. The fraction of sp³-hybridized carbons (Fsp3) is 0.875. The second kappa shape index (κ2) is 8.50. The first-order chi connectivity index (χ1) is 7.08. The number of carbonyl (C=O) groups is 1. The minimum atomic E-state index is -2.77. The van der Waals surface area contributed by atoms with Gasteiger partial charge in [-0.05, 0) is 24.7 Å². The second-order valence-corrected chi connectivity index (χ2v) is 10.0. The van der Waals surface area contributed by atoms with Gasteiger partial charge in [0.2, 0.25) is 0 Å². The van der Waals surface area contributed by atoms with Crippen molar-refractivity contribution in [1.82, 2.24) is 0 Å². The van der Waals surface area contributed by atoms with E-state index in [0.717, 1.165) is 23.6 Å². The second-order valence-electron chi connectivity index (χ2n) is 2.55. The van der Waals surface area contributed by atoms with Gasteiger partial charge in [0.15, 0.2) is 0 Å². The highest BCUT2D eigenvalue weighted by molar-refractivity contribution is 8.89. The summed E-state index contributed by atoms with van der Waals surface area (Å²) in [5.74, 6) is -2.30. The van der Waals surface area contributed by atoms with Gasteiger partial charge in [0.05, 0.1) is 13.7 Å². The smallest absolute Gasteiger partial charge is 0.316 e. The zero-order valence-corrected chi connectivity index (χ0v) is 11.8. The highest BCUT2D eigenvalue weighted by Crippen LogP contribution is 2.69. The van der Waals surface area contributed by atoms with Crippen LogP contribution in [0, 0.1) is 0 Å². The molecule has 0 aromatic rings. The molecule has 0 bridgehead atoms. The Bertz CT molecular complexity index is 235. The van der Waals surface area contributed by atoms with Crippen LogP contribution in [0.1, 0.15) is 20.3 Å². The third kappa shape index (κ3) is 7.28. The highest BCUT2D eigenvalue weighted by Gasteiger charge is 2.25. The largest absolute Gasteiger partial charge is 0.468 e. The van der Waals surface area contributed by atoms with Crippen LogP contribution in [0.4, 0.5) is 0 Å². The first-order valence-electron chi connectivity index (χ1n) is 4.68. The maximum Gasteiger partial charge on any atom is 0.316 e. The predicted octanol–water partition coefficient (Wildman–Crippen LogP) is 3.18. The number of methoxy groups -OCH3 is 1. The Morgan fingerprint density at radius 3 is 2.47 bits per heavy atom. The summed E-state index contributed by atoms with van der Waals surface area (Å²) in [6.07, 6.45) is 0.931. The van der Waals surface area contributed by atoms with Crippen LogP contribution in [-0.2, 0) is 18.6 Å². The Kier molecular flexibility index (Phi) is 8.71. The zero-order valence-electron chi connectivity index (χ0n) is 9.23. The maximum absolute atomic E-state index is 12.1. The number of carbonyl (C=O) groups excluding carboxylic acids is 1. The van der Waals surface area contributed by atoms with E-state index < -0.39 is 5.77 Å². The van der Waals surface area contributed by atoms with Gasteiger partial charge in [-0.2, -0.15) is 0 Å². The van der Waals surface area contributed by atoms with Gasteiger partial charge in [0.25, 0.3) is 0 Å². The molecule has 1 atom stereocenters. The van der Waals surface area contributed by atoms with Gasteiger partial charge in [-0.25, -0.2) is 0 Å². The molecule has 4 nitrogen and oxygen atoms in total. The van der Waals surface area contributed by atoms with E-state index in [1.54, 1.807) is 6.92 Å². The predicted molar refractivity (Wildman–Crippen MR) is 66.5 cm³/mol. The van der Waals surface area contributed by atoms with E-state index >= 15 is 0 Å². The Morgan fingerprint density at radius 2 is 2.00 bits per heavy atom. The lowest BCUT2D eigenvalue weighted by Gasteiger charge is -2.14.